The first-order chi connectivity index (χ1) is 9.97. The van der Waals surface area contributed by atoms with Crippen molar-refractivity contribution < 1.29 is 28.9 Å². The molecule has 0 saturated carbocycles. The number of rotatable bonds is 10. The van der Waals surface area contributed by atoms with Gasteiger partial charge in [0.15, 0.2) is 0 Å². The smallest absolute Gasteiger partial charge is 0.329 e. The number of carboxylic acids is 1. The fourth-order valence-corrected chi connectivity index (χ4v) is 1.96. The Balaban J connectivity index is 2.03. The van der Waals surface area contributed by atoms with E-state index in [4.69, 9.17) is 19.3 Å². The van der Waals surface area contributed by atoms with Crippen LogP contribution in [0, 0.1) is 0 Å². The van der Waals surface area contributed by atoms with Crippen LogP contribution in [0.3, 0.4) is 0 Å². The maximum atomic E-state index is 11.8. The number of methoxy groups -OCH3 is 1. The molecule has 1 heterocycles. The SMILES string of the molecule is COCCOCCCNC(=O)N1CC(C)(OCC(=O)O)C1. The molecule has 1 saturated heterocycles. The van der Waals surface area contributed by atoms with Gasteiger partial charge in [0.2, 0.25) is 0 Å². The number of carbonyl (C=O) groups excluding carboxylic acids is 1. The van der Waals surface area contributed by atoms with Crippen molar-refractivity contribution >= 4 is 12.0 Å². The van der Waals surface area contributed by atoms with E-state index in [-0.39, 0.29) is 12.6 Å². The molecule has 0 aromatic rings. The normalized spacial score (nSPS) is 16.4. The summed E-state index contributed by atoms with van der Waals surface area (Å²) in [5.41, 5.74) is -0.557. The third-order valence-corrected chi connectivity index (χ3v) is 3.06. The molecule has 0 aromatic carbocycles. The summed E-state index contributed by atoms with van der Waals surface area (Å²) in [6.07, 6.45) is 0.732. The van der Waals surface area contributed by atoms with E-state index < -0.39 is 11.6 Å². The predicted octanol–water partition coefficient (Wildman–Crippen LogP) is -0.0754. The number of hydrogen-bond donors (Lipinski definition) is 2. The lowest BCUT2D eigenvalue weighted by atomic mass is 9.97. The molecule has 0 aromatic heterocycles. The Hall–Kier alpha value is -1.38. The van der Waals surface area contributed by atoms with E-state index in [0.29, 0.717) is 39.5 Å². The third-order valence-electron chi connectivity index (χ3n) is 3.06. The minimum Gasteiger partial charge on any atom is -0.480 e. The van der Waals surface area contributed by atoms with Crippen molar-refractivity contribution in [2.45, 2.75) is 18.9 Å². The van der Waals surface area contributed by atoms with E-state index in [1.807, 2.05) is 0 Å². The van der Waals surface area contributed by atoms with Gasteiger partial charge in [-0.25, -0.2) is 9.59 Å². The highest BCUT2D eigenvalue weighted by Crippen LogP contribution is 2.24. The van der Waals surface area contributed by atoms with Crippen LogP contribution < -0.4 is 5.32 Å². The first-order valence-electron chi connectivity index (χ1n) is 6.92. The van der Waals surface area contributed by atoms with Gasteiger partial charge in [-0.15, -0.1) is 0 Å². The van der Waals surface area contributed by atoms with E-state index in [9.17, 15) is 9.59 Å². The van der Waals surface area contributed by atoms with Crippen molar-refractivity contribution in [1.82, 2.24) is 10.2 Å². The van der Waals surface area contributed by atoms with Crippen molar-refractivity contribution in [3.63, 3.8) is 0 Å². The molecule has 0 bridgehead atoms. The summed E-state index contributed by atoms with van der Waals surface area (Å²) in [5, 5.41) is 11.3. The van der Waals surface area contributed by atoms with Crippen LogP contribution in [-0.4, -0.2) is 80.8 Å². The van der Waals surface area contributed by atoms with Crippen LogP contribution in [0.15, 0.2) is 0 Å². The first kappa shape index (κ1) is 17.7. The molecule has 0 unspecified atom stereocenters. The average molecular weight is 304 g/mol. The van der Waals surface area contributed by atoms with Crippen LogP contribution in [0.25, 0.3) is 0 Å². The Labute approximate surface area is 124 Å². The number of likely N-dealkylation sites (tertiary alicyclic amines) is 1. The molecule has 1 fully saturated rings. The Morgan fingerprint density at radius 1 is 1.29 bits per heavy atom. The molecule has 1 rings (SSSR count). The Kier molecular flexibility index (Phi) is 7.41. The molecule has 1 aliphatic rings. The van der Waals surface area contributed by atoms with Gasteiger partial charge in [-0.05, 0) is 13.3 Å². The fourth-order valence-electron chi connectivity index (χ4n) is 1.96. The second kappa shape index (κ2) is 8.81. The molecule has 0 aliphatic carbocycles. The molecule has 0 atom stereocenters. The van der Waals surface area contributed by atoms with Gasteiger partial charge in [-0.1, -0.05) is 0 Å². The van der Waals surface area contributed by atoms with Gasteiger partial charge < -0.3 is 29.5 Å². The highest BCUT2D eigenvalue weighted by molar-refractivity contribution is 5.75. The van der Waals surface area contributed by atoms with Crippen molar-refractivity contribution in [3.05, 3.63) is 0 Å². The number of ether oxygens (including phenoxy) is 3. The lowest BCUT2D eigenvalue weighted by Crippen LogP contribution is -2.65. The minimum atomic E-state index is -1.01. The number of nitrogens with one attached hydrogen (secondary N) is 1. The first-order valence-corrected chi connectivity index (χ1v) is 6.92. The van der Waals surface area contributed by atoms with Crippen LogP contribution in [0.5, 0.6) is 0 Å². The molecule has 8 nitrogen and oxygen atoms in total. The molecular formula is C13H24N2O6. The lowest BCUT2D eigenvalue weighted by Gasteiger charge is -2.46. The Morgan fingerprint density at radius 3 is 2.62 bits per heavy atom. The second-order valence-electron chi connectivity index (χ2n) is 5.18. The maximum absolute atomic E-state index is 11.8. The lowest BCUT2D eigenvalue weighted by molar-refractivity contribution is -0.159. The maximum Gasteiger partial charge on any atom is 0.329 e. The number of aliphatic carboxylic acids is 1. The van der Waals surface area contributed by atoms with Gasteiger partial charge in [0, 0.05) is 20.3 Å². The zero-order chi connectivity index (χ0) is 15.7. The zero-order valence-electron chi connectivity index (χ0n) is 12.6. The highest BCUT2D eigenvalue weighted by atomic mass is 16.5. The number of hydrogen-bond acceptors (Lipinski definition) is 5. The van der Waals surface area contributed by atoms with Crippen molar-refractivity contribution in [3.8, 4) is 0 Å². The van der Waals surface area contributed by atoms with Crippen LogP contribution >= 0.6 is 0 Å². The third kappa shape index (κ3) is 6.74. The standard InChI is InChI=1S/C13H24N2O6/c1-13(21-8-11(16)17)9-15(10-13)12(18)14-4-3-5-20-7-6-19-2/h3-10H2,1-2H3,(H,14,18)(H,16,17). The summed E-state index contributed by atoms with van der Waals surface area (Å²) in [4.78, 5) is 23.8. The second-order valence-corrected chi connectivity index (χ2v) is 5.18. The van der Waals surface area contributed by atoms with Crippen LogP contribution in [-0.2, 0) is 19.0 Å². The molecule has 2 amide bonds. The summed E-state index contributed by atoms with van der Waals surface area (Å²) in [6.45, 7) is 4.48. The van der Waals surface area contributed by atoms with Gasteiger partial charge in [-0.2, -0.15) is 0 Å². The monoisotopic (exact) mass is 304 g/mol. The van der Waals surface area contributed by atoms with Gasteiger partial charge in [-0.3, -0.25) is 0 Å². The van der Waals surface area contributed by atoms with E-state index in [1.54, 1.807) is 18.9 Å². The summed E-state index contributed by atoms with van der Waals surface area (Å²) in [6, 6.07) is -0.164. The molecule has 122 valence electrons. The van der Waals surface area contributed by atoms with Crippen LogP contribution in [0.2, 0.25) is 0 Å². The molecule has 0 radical (unpaired) electrons. The summed E-state index contributed by atoms with van der Waals surface area (Å²) in [5.74, 6) is -1.01. The van der Waals surface area contributed by atoms with Gasteiger partial charge >= 0.3 is 12.0 Å². The summed E-state index contributed by atoms with van der Waals surface area (Å²) >= 11 is 0. The number of nitrogens with zero attached hydrogens (tertiary/aromatic N) is 1. The van der Waals surface area contributed by atoms with E-state index in [2.05, 4.69) is 5.32 Å². The largest absolute Gasteiger partial charge is 0.480 e. The molecule has 2 N–H and O–H groups in total. The number of carbonyl (C=O) groups is 2. The Bertz CT molecular complexity index is 344. The van der Waals surface area contributed by atoms with E-state index >= 15 is 0 Å². The molecular weight excluding hydrogens is 280 g/mol. The Morgan fingerprint density at radius 2 is 2.00 bits per heavy atom. The topological polar surface area (TPSA) is 97.3 Å². The van der Waals surface area contributed by atoms with E-state index in [1.165, 1.54) is 0 Å². The predicted molar refractivity (Wildman–Crippen MR) is 74.3 cm³/mol. The highest BCUT2D eigenvalue weighted by Gasteiger charge is 2.42. The fraction of sp³-hybridized carbons (Fsp3) is 0.846. The van der Waals surface area contributed by atoms with Gasteiger partial charge in [0.25, 0.3) is 0 Å². The number of carboxylic acid groups (broad SMARTS) is 1. The molecule has 1 aliphatic heterocycles. The van der Waals surface area contributed by atoms with Gasteiger partial charge in [0.1, 0.15) is 12.2 Å². The summed E-state index contributed by atoms with van der Waals surface area (Å²) < 4.78 is 15.4. The van der Waals surface area contributed by atoms with Gasteiger partial charge in [0.05, 0.1) is 26.3 Å². The molecule has 21 heavy (non-hydrogen) atoms. The average Bonchev–Trinajstić information content (AvgIpc) is 2.41. The zero-order valence-corrected chi connectivity index (χ0v) is 12.6. The summed E-state index contributed by atoms with van der Waals surface area (Å²) in [7, 11) is 1.62. The number of amides is 2. The van der Waals surface area contributed by atoms with Crippen molar-refractivity contribution in [2.75, 3.05) is 53.2 Å². The molecule has 8 heteroatoms. The van der Waals surface area contributed by atoms with Crippen molar-refractivity contribution in [1.29, 1.82) is 0 Å². The van der Waals surface area contributed by atoms with Crippen LogP contribution in [0.4, 0.5) is 4.79 Å². The quantitative estimate of drug-likeness (QED) is 0.548. The molecule has 0 spiro atoms. The van der Waals surface area contributed by atoms with Crippen molar-refractivity contribution in [2.24, 2.45) is 0 Å². The number of urea groups is 1. The minimum absolute atomic E-state index is 0.164. The van der Waals surface area contributed by atoms with E-state index in [0.717, 1.165) is 6.42 Å². The van der Waals surface area contributed by atoms with Crippen LogP contribution in [0.1, 0.15) is 13.3 Å².